The van der Waals surface area contributed by atoms with Crippen molar-refractivity contribution in [1.82, 2.24) is 27.4 Å². The standard InChI is InChI=1S/C17H17FO3.C14H11F2NO3.C14H12FNO3.C14H13NO4.C14H13NO3.C13H10ClNO3.C13H10FNO3/c1-17(2,3)13-9-8-12(16(20)21)15(19)14(13)10-4-6-11(18)7-5-10;1-7-12(9-4-3-8(15)5-11(9)16)13(18)10(14(19)20)6-17(7)2;1-8-5-9(15)3-4-10(8)11-6-16(2)7-12(13(11)17)14(18)19;1-15-7-11(13(16)12(8-15)14(17)18)9-3-5-10(19-2)6-4-9;1-9-5-3-4-6-10(9)11-7-15(2)8-12(13(11)16)14(17)18;1-15-6-10(8-2-4-9(14)5-3-8)12(16)11(7-15)13(17)18;1-15-6-10(8-3-2-4-9(14)5-8)12(16)11(7-15)13(17)18/h4-8H,9H2,1-3H3,(H,20,21);3-6H,1-2H3,(H,19,20);3-7H,1-2H3,(H,18,19);3-8H,1-2H3,(H,17,18);3-8H,1-2H3,(H,17,18);2*2-7H,1H3,(H,17,18). The molecular formula is C99H86ClF5N6O22. The molecule has 34 heteroatoms. The van der Waals surface area contributed by atoms with Crippen LogP contribution in [0.4, 0.5) is 22.0 Å². The van der Waals surface area contributed by atoms with Gasteiger partial charge in [0.25, 0.3) is 0 Å². The summed E-state index contributed by atoms with van der Waals surface area (Å²) < 4.78 is 80.2. The van der Waals surface area contributed by atoms with Crippen molar-refractivity contribution in [3.8, 4) is 72.5 Å². The van der Waals surface area contributed by atoms with Crippen LogP contribution in [0.5, 0.6) is 5.75 Å². The fraction of sp³-hybridized carbons (Fsp3) is 0.152. The Kier molecular flexibility index (Phi) is 33.6. The highest BCUT2D eigenvalue weighted by atomic mass is 35.5. The zero-order valence-electron chi connectivity index (χ0n) is 73.4. The molecule has 133 heavy (non-hydrogen) atoms. The van der Waals surface area contributed by atoms with Crippen LogP contribution in [0.2, 0.25) is 5.02 Å². The third-order valence-electron chi connectivity index (χ3n) is 20.2. The van der Waals surface area contributed by atoms with Gasteiger partial charge in [-0.25, -0.2) is 55.5 Å². The summed E-state index contributed by atoms with van der Waals surface area (Å²) >= 11 is 5.77. The van der Waals surface area contributed by atoms with E-state index in [1.807, 2.05) is 52.0 Å². The first kappa shape index (κ1) is 102. The van der Waals surface area contributed by atoms with Gasteiger partial charge in [0.05, 0.1) is 12.7 Å². The van der Waals surface area contributed by atoms with E-state index in [0.717, 1.165) is 28.8 Å². The molecule has 0 saturated carbocycles. The largest absolute Gasteiger partial charge is 0.497 e. The smallest absolute Gasteiger partial charge is 0.341 e. The number of carbonyl (C=O) groups is 8. The van der Waals surface area contributed by atoms with E-state index in [4.69, 9.17) is 52.1 Å². The molecule has 6 aromatic heterocycles. The third kappa shape index (κ3) is 25.5. The number of aromatic nitrogens is 6. The van der Waals surface area contributed by atoms with E-state index >= 15 is 0 Å². The second-order valence-corrected chi connectivity index (χ2v) is 31.3. The van der Waals surface area contributed by atoms with Gasteiger partial charge in [0.2, 0.25) is 38.4 Å². The predicted octanol–water partition coefficient (Wildman–Crippen LogP) is 16.3. The van der Waals surface area contributed by atoms with Crippen molar-refractivity contribution in [2.24, 2.45) is 47.7 Å². The van der Waals surface area contributed by atoms with Crippen LogP contribution in [-0.4, -0.2) is 118 Å². The number of carboxylic acids is 7. The number of aryl methyl sites for hydroxylation is 8. The number of halogens is 6. The number of methoxy groups -OCH3 is 1. The van der Waals surface area contributed by atoms with Crippen LogP contribution < -0.4 is 37.3 Å². The van der Waals surface area contributed by atoms with Crippen LogP contribution in [0.3, 0.4) is 0 Å². The Bertz CT molecular complexity index is 7220. The number of Topliss-reactive ketones (excluding diaryl/α,β-unsaturated/α-hetero) is 1. The van der Waals surface area contributed by atoms with E-state index in [-0.39, 0.29) is 61.1 Å². The van der Waals surface area contributed by atoms with Crippen molar-refractivity contribution in [3.05, 3.63) is 394 Å². The molecule has 0 atom stereocenters. The van der Waals surface area contributed by atoms with Crippen LogP contribution in [0.15, 0.2) is 272 Å². The number of carboxylic acid groups (broad SMARTS) is 7. The van der Waals surface area contributed by atoms with Gasteiger partial charge in [0.1, 0.15) is 73.8 Å². The summed E-state index contributed by atoms with van der Waals surface area (Å²) in [6.07, 6.45) is 17.3. The lowest BCUT2D eigenvalue weighted by Gasteiger charge is -2.28. The first-order chi connectivity index (χ1) is 62.4. The molecule has 1 aliphatic rings. The van der Waals surface area contributed by atoms with Gasteiger partial charge in [-0.05, 0) is 155 Å². The lowest BCUT2D eigenvalue weighted by Crippen LogP contribution is -2.23. The normalized spacial score (nSPS) is 11.3. The maximum absolute atomic E-state index is 13.8. The lowest BCUT2D eigenvalue weighted by molar-refractivity contribution is -0.134. The highest BCUT2D eigenvalue weighted by Crippen LogP contribution is 2.40. The molecule has 28 nitrogen and oxygen atoms in total. The monoisotopic (exact) mass is 1840 g/mol. The molecule has 0 fully saturated rings. The second kappa shape index (κ2) is 44.0. The lowest BCUT2D eigenvalue weighted by atomic mass is 9.75. The number of nitrogens with zero attached hydrogens (tertiary/aromatic N) is 6. The number of benzene rings is 7. The molecule has 14 rings (SSSR count). The van der Waals surface area contributed by atoms with E-state index in [9.17, 15) is 89.1 Å². The molecule has 0 saturated heterocycles. The summed E-state index contributed by atoms with van der Waals surface area (Å²) in [6.45, 7) is 11.0. The van der Waals surface area contributed by atoms with Crippen molar-refractivity contribution < 1.29 is 101 Å². The predicted molar refractivity (Wildman–Crippen MR) is 488 cm³/mol. The molecular weight excluding hydrogens is 1760 g/mol. The minimum absolute atomic E-state index is 0.0788. The number of rotatable bonds is 15. The number of carbonyl (C=O) groups excluding carboxylic acids is 1. The summed E-state index contributed by atoms with van der Waals surface area (Å²) in [4.78, 5) is 162. The van der Waals surface area contributed by atoms with Crippen LogP contribution >= 0.6 is 11.6 Å². The number of pyridine rings is 6. The summed E-state index contributed by atoms with van der Waals surface area (Å²) in [7, 11) is 11.4. The maximum Gasteiger partial charge on any atom is 0.341 e. The van der Waals surface area contributed by atoms with E-state index in [0.29, 0.717) is 84.6 Å². The van der Waals surface area contributed by atoms with E-state index in [1.165, 1.54) is 130 Å². The van der Waals surface area contributed by atoms with Crippen molar-refractivity contribution in [3.63, 3.8) is 0 Å². The van der Waals surface area contributed by atoms with Crippen molar-refractivity contribution in [2.45, 2.75) is 48.0 Å². The Labute approximate surface area is 758 Å². The van der Waals surface area contributed by atoms with Crippen LogP contribution in [0.1, 0.15) is 112 Å². The molecule has 7 aromatic carbocycles. The number of hydrogen-bond acceptors (Lipinski definition) is 15. The first-order valence-electron chi connectivity index (χ1n) is 39.5. The topological polar surface area (TPSA) is 419 Å². The van der Waals surface area contributed by atoms with Gasteiger partial charge in [-0.15, -0.1) is 0 Å². The summed E-state index contributed by atoms with van der Waals surface area (Å²) in [5.41, 5.74) is 2.29. The molecule has 6 heterocycles. The number of hydrogen-bond donors (Lipinski definition) is 7. The van der Waals surface area contributed by atoms with Gasteiger partial charge >= 0.3 is 41.8 Å². The van der Waals surface area contributed by atoms with Crippen LogP contribution in [0.25, 0.3) is 72.3 Å². The Morgan fingerprint density at radius 2 is 0.714 bits per heavy atom. The first-order valence-corrected chi connectivity index (χ1v) is 39.9. The average molecular weight is 1840 g/mol. The van der Waals surface area contributed by atoms with Gasteiger partial charge in [-0.1, -0.05) is 117 Å². The molecule has 0 amide bonds. The second-order valence-electron chi connectivity index (χ2n) is 30.9. The molecule has 13 aromatic rings. The fourth-order valence-electron chi connectivity index (χ4n) is 13.6. The average Bonchev–Trinajstić information content (AvgIpc) is 0.766. The van der Waals surface area contributed by atoms with E-state index in [1.54, 1.807) is 150 Å². The summed E-state index contributed by atoms with van der Waals surface area (Å²) in [5, 5.41) is 63.6. The number of aromatic carboxylic acids is 6. The molecule has 1 aliphatic carbocycles. The van der Waals surface area contributed by atoms with Crippen molar-refractivity contribution in [1.29, 1.82) is 0 Å². The Morgan fingerprint density at radius 3 is 1.11 bits per heavy atom. The minimum Gasteiger partial charge on any atom is -0.497 e. The minimum atomic E-state index is -1.39. The van der Waals surface area contributed by atoms with Gasteiger partial charge in [0, 0.05) is 166 Å². The van der Waals surface area contributed by atoms with E-state index < -0.39 is 115 Å². The molecule has 0 bridgehead atoms. The van der Waals surface area contributed by atoms with E-state index in [2.05, 4.69) is 0 Å². The Hall–Kier alpha value is -16.6. The molecule has 0 radical (unpaired) electrons. The SMILES string of the molecule is CC(C)(C)C1=C(c2ccc(F)cc2)C(=O)C(C(=O)O)=CC1.COc1ccc(-c2cn(C)cc(C(=O)O)c2=O)cc1.Cc1c(-c2ccc(F)cc2F)c(=O)c(C(=O)O)cn1C.Cc1cc(F)ccc1-c1cn(C)cc(C(=O)O)c1=O.Cc1ccccc1-c1cn(C)cc(C(=O)O)c1=O.Cn1cc(C(=O)O)c(=O)c(-c2ccc(Cl)cc2)c1.Cn1cc(C(=O)O)c(=O)c(-c2cccc(F)c2)c1. The van der Waals surface area contributed by atoms with Crippen molar-refractivity contribution >= 4 is 64.7 Å². The molecule has 686 valence electrons. The Morgan fingerprint density at radius 1 is 0.353 bits per heavy atom. The maximum atomic E-state index is 13.8. The molecule has 0 aliphatic heterocycles. The van der Waals surface area contributed by atoms with Gasteiger partial charge < -0.3 is 67.9 Å². The molecule has 0 unspecified atom stereocenters. The van der Waals surface area contributed by atoms with Gasteiger partial charge in [0.15, 0.2) is 0 Å². The molecule has 0 spiro atoms. The third-order valence-corrected chi connectivity index (χ3v) is 20.5. The fourth-order valence-corrected chi connectivity index (χ4v) is 13.7. The zero-order valence-corrected chi connectivity index (χ0v) is 74.1. The van der Waals surface area contributed by atoms with Gasteiger partial charge in [-0.3, -0.25) is 33.6 Å². The highest BCUT2D eigenvalue weighted by molar-refractivity contribution is 6.38. The highest BCUT2D eigenvalue weighted by Gasteiger charge is 2.34. The van der Waals surface area contributed by atoms with Gasteiger partial charge in [-0.2, -0.15) is 0 Å². The number of allylic oxidation sites excluding steroid dienone is 3. The van der Waals surface area contributed by atoms with Crippen LogP contribution in [-0.2, 0) is 51.9 Å². The zero-order chi connectivity index (χ0) is 98.8. The Balaban J connectivity index is 0.000000191. The molecule has 7 N–H and O–H groups in total. The number of ketones is 1. The summed E-state index contributed by atoms with van der Waals surface area (Å²) in [6, 6.07) is 38.9. The van der Waals surface area contributed by atoms with Crippen LogP contribution in [0, 0.1) is 55.3 Å². The summed E-state index contributed by atoms with van der Waals surface area (Å²) in [5.74, 6) is -11.6. The number of ether oxygens (including phenoxy) is 1. The number of aliphatic carboxylic acids is 1. The quantitative estimate of drug-likeness (QED) is 0.0370. The van der Waals surface area contributed by atoms with Crippen molar-refractivity contribution in [2.75, 3.05) is 7.11 Å².